The maximum absolute atomic E-state index is 11.3. The zero-order valence-corrected chi connectivity index (χ0v) is 12.0. The first-order valence-corrected chi connectivity index (χ1v) is 6.85. The minimum atomic E-state index is -0.181. The number of hydrogen-bond donors (Lipinski definition) is 3. The highest BCUT2D eigenvalue weighted by atomic mass is 16.1. The summed E-state index contributed by atoms with van der Waals surface area (Å²) in [5.74, 6) is 0.772. The summed E-state index contributed by atoms with van der Waals surface area (Å²) in [4.78, 5) is 25.2. The second-order valence-corrected chi connectivity index (χ2v) is 5.08. The molecule has 0 amide bonds. The zero-order valence-electron chi connectivity index (χ0n) is 12.0. The molecule has 0 fully saturated rings. The number of imidazole rings is 1. The van der Waals surface area contributed by atoms with Crippen LogP contribution in [0.15, 0.2) is 35.3 Å². The summed E-state index contributed by atoms with van der Waals surface area (Å²) in [6, 6.07) is 7.96. The maximum atomic E-state index is 11.3. The summed E-state index contributed by atoms with van der Waals surface area (Å²) < 4.78 is 0. The van der Waals surface area contributed by atoms with E-state index in [-0.39, 0.29) is 11.7 Å². The van der Waals surface area contributed by atoms with E-state index < -0.39 is 0 Å². The molecule has 3 aromatic rings. The normalized spacial score (nSPS) is 12.7. The Morgan fingerprint density at radius 3 is 2.86 bits per heavy atom. The van der Waals surface area contributed by atoms with Gasteiger partial charge in [-0.15, -0.1) is 0 Å². The van der Waals surface area contributed by atoms with Gasteiger partial charge in [0.15, 0.2) is 0 Å². The van der Waals surface area contributed by atoms with Gasteiger partial charge in [-0.1, -0.05) is 6.07 Å². The van der Waals surface area contributed by atoms with Crippen LogP contribution in [0.1, 0.15) is 30.0 Å². The Labute approximate surface area is 121 Å². The van der Waals surface area contributed by atoms with E-state index in [9.17, 15) is 4.79 Å². The molecule has 3 N–H and O–H groups in total. The lowest BCUT2D eigenvalue weighted by Gasteiger charge is -2.14. The number of fused-ring (bicyclic) bond motifs is 1. The van der Waals surface area contributed by atoms with Gasteiger partial charge in [-0.3, -0.25) is 0 Å². The molecule has 1 unspecified atom stereocenters. The van der Waals surface area contributed by atoms with Gasteiger partial charge in [-0.25, -0.2) is 14.8 Å². The van der Waals surface area contributed by atoms with E-state index >= 15 is 0 Å². The van der Waals surface area contributed by atoms with Crippen molar-refractivity contribution in [3.63, 3.8) is 0 Å². The van der Waals surface area contributed by atoms with Gasteiger partial charge in [0.1, 0.15) is 5.82 Å². The molecule has 2 heterocycles. The number of H-pyrrole nitrogens is 2. The fraction of sp³-hybridized carbons (Fsp3) is 0.267. The number of aromatic nitrogens is 4. The van der Waals surface area contributed by atoms with E-state index in [0.29, 0.717) is 6.54 Å². The molecule has 0 aliphatic rings. The standard InChI is InChI=1S/C15H17N5O/c1-9(17-8-12-5-6-16-10(2)18-12)11-3-4-13-14(7-11)20-15(21)19-13/h3-7,9,17H,8H2,1-2H3,(H2,19,20,21). The number of rotatable bonds is 4. The van der Waals surface area contributed by atoms with E-state index in [1.54, 1.807) is 6.20 Å². The Morgan fingerprint density at radius 2 is 2.05 bits per heavy atom. The van der Waals surface area contributed by atoms with Gasteiger partial charge >= 0.3 is 5.69 Å². The van der Waals surface area contributed by atoms with E-state index in [1.807, 2.05) is 31.2 Å². The third kappa shape index (κ3) is 3.00. The first kappa shape index (κ1) is 13.5. The van der Waals surface area contributed by atoms with Crippen LogP contribution >= 0.6 is 0 Å². The molecule has 108 valence electrons. The molecule has 0 radical (unpaired) electrons. The number of aromatic amines is 2. The molecule has 0 saturated heterocycles. The number of hydrogen-bond acceptors (Lipinski definition) is 4. The average molecular weight is 283 g/mol. The molecule has 6 nitrogen and oxygen atoms in total. The van der Waals surface area contributed by atoms with Gasteiger partial charge in [-0.05, 0) is 37.6 Å². The van der Waals surface area contributed by atoms with Crippen molar-refractivity contribution in [2.24, 2.45) is 0 Å². The van der Waals surface area contributed by atoms with Crippen molar-refractivity contribution in [2.45, 2.75) is 26.4 Å². The van der Waals surface area contributed by atoms with Crippen LogP contribution in [0.25, 0.3) is 11.0 Å². The van der Waals surface area contributed by atoms with Gasteiger partial charge in [0.2, 0.25) is 0 Å². The molecule has 21 heavy (non-hydrogen) atoms. The van der Waals surface area contributed by atoms with Crippen LogP contribution < -0.4 is 11.0 Å². The lowest BCUT2D eigenvalue weighted by atomic mass is 10.1. The highest BCUT2D eigenvalue weighted by Crippen LogP contribution is 2.17. The third-order valence-corrected chi connectivity index (χ3v) is 3.46. The number of aryl methyl sites for hydroxylation is 1. The first-order chi connectivity index (χ1) is 10.1. The van der Waals surface area contributed by atoms with Crippen molar-refractivity contribution in [3.05, 3.63) is 58.0 Å². The maximum Gasteiger partial charge on any atom is 0.323 e. The highest BCUT2D eigenvalue weighted by Gasteiger charge is 2.07. The second-order valence-electron chi connectivity index (χ2n) is 5.08. The highest BCUT2D eigenvalue weighted by molar-refractivity contribution is 5.75. The topological polar surface area (TPSA) is 86.5 Å². The van der Waals surface area contributed by atoms with Crippen LogP contribution in [-0.2, 0) is 6.54 Å². The van der Waals surface area contributed by atoms with Crippen LogP contribution in [-0.4, -0.2) is 19.9 Å². The van der Waals surface area contributed by atoms with E-state index in [4.69, 9.17) is 0 Å². The Bertz CT molecular complexity index is 820. The monoisotopic (exact) mass is 283 g/mol. The minimum Gasteiger partial charge on any atom is -0.306 e. The van der Waals surface area contributed by atoms with Gasteiger partial charge < -0.3 is 15.3 Å². The summed E-state index contributed by atoms with van der Waals surface area (Å²) in [7, 11) is 0. The van der Waals surface area contributed by atoms with Gasteiger partial charge in [-0.2, -0.15) is 0 Å². The molecule has 2 aromatic heterocycles. The molecule has 3 rings (SSSR count). The summed E-state index contributed by atoms with van der Waals surface area (Å²) in [6.07, 6.45) is 1.76. The van der Waals surface area contributed by atoms with Crippen LogP contribution in [0.2, 0.25) is 0 Å². The molecule has 1 aromatic carbocycles. The quantitative estimate of drug-likeness (QED) is 0.681. The van der Waals surface area contributed by atoms with Gasteiger partial charge in [0.05, 0.1) is 16.7 Å². The minimum absolute atomic E-state index is 0.156. The molecule has 0 spiro atoms. The molecular weight excluding hydrogens is 266 g/mol. The smallest absolute Gasteiger partial charge is 0.306 e. The Morgan fingerprint density at radius 1 is 1.24 bits per heavy atom. The molecular formula is C15H17N5O. The van der Waals surface area contributed by atoms with Crippen LogP contribution in [0.4, 0.5) is 0 Å². The summed E-state index contributed by atoms with van der Waals surface area (Å²) >= 11 is 0. The summed E-state index contributed by atoms with van der Waals surface area (Å²) in [5, 5.41) is 3.42. The van der Waals surface area contributed by atoms with Gasteiger partial charge in [0.25, 0.3) is 0 Å². The fourth-order valence-electron chi connectivity index (χ4n) is 2.30. The van der Waals surface area contributed by atoms with Gasteiger partial charge in [0, 0.05) is 18.8 Å². The lowest BCUT2D eigenvalue weighted by Crippen LogP contribution is -2.19. The largest absolute Gasteiger partial charge is 0.323 e. The van der Waals surface area contributed by atoms with Crippen molar-refractivity contribution in [1.29, 1.82) is 0 Å². The van der Waals surface area contributed by atoms with E-state index in [1.165, 1.54) is 0 Å². The van der Waals surface area contributed by atoms with Crippen LogP contribution in [0.5, 0.6) is 0 Å². The van der Waals surface area contributed by atoms with E-state index in [2.05, 4.69) is 32.2 Å². The molecule has 1 atom stereocenters. The molecule has 0 saturated carbocycles. The summed E-state index contributed by atoms with van der Waals surface area (Å²) in [6.45, 7) is 4.63. The fourth-order valence-corrected chi connectivity index (χ4v) is 2.30. The van der Waals surface area contributed by atoms with Crippen molar-refractivity contribution in [1.82, 2.24) is 25.3 Å². The number of nitrogens with zero attached hydrogens (tertiary/aromatic N) is 2. The zero-order chi connectivity index (χ0) is 14.8. The predicted molar refractivity (Wildman–Crippen MR) is 80.9 cm³/mol. The Hall–Kier alpha value is -2.47. The van der Waals surface area contributed by atoms with Crippen molar-refractivity contribution in [2.75, 3.05) is 0 Å². The summed E-state index contributed by atoms with van der Waals surface area (Å²) in [5.41, 5.74) is 3.54. The molecule has 0 aliphatic heterocycles. The molecule has 0 aliphatic carbocycles. The number of nitrogens with one attached hydrogen (secondary N) is 3. The molecule has 0 bridgehead atoms. The average Bonchev–Trinajstić information content (AvgIpc) is 2.84. The first-order valence-electron chi connectivity index (χ1n) is 6.85. The van der Waals surface area contributed by atoms with E-state index in [0.717, 1.165) is 28.1 Å². The van der Waals surface area contributed by atoms with Crippen LogP contribution in [0, 0.1) is 6.92 Å². The van der Waals surface area contributed by atoms with Crippen LogP contribution in [0.3, 0.4) is 0 Å². The molecule has 6 heteroatoms. The predicted octanol–water partition coefficient (Wildman–Crippen LogP) is 1.81. The lowest BCUT2D eigenvalue weighted by molar-refractivity contribution is 0.566. The van der Waals surface area contributed by atoms with Crippen molar-refractivity contribution < 1.29 is 0 Å². The van der Waals surface area contributed by atoms with Crippen molar-refractivity contribution in [3.8, 4) is 0 Å². The number of benzene rings is 1. The SMILES string of the molecule is Cc1nccc(CNC(C)c2ccc3[nH]c(=O)[nH]c3c2)n1. The third-order valence-electron chi connectivity index (χ3n) is 3.46. The Kier molecular flexibility index (Phi) is 3.53. The Balaban J connectivity index is 1.74. The second kappa shape index (κ2) is 5.49. The van der Waals surface area contributed by atoms with Crippen molar-refractivity contribution >= 4 is 11.0 Å².